The minimum atomic E-state index is 0.874. The van der Waals surface area contributed by atoms with E-state index in [2.05, 4.69) is 181 Å². The van der Waals surface area contributed by atoms with E-state index < -0.39 is 0 Å². The molecule has 0 aliphatic heterocycles. The largest absolute Gasteiger partial charge is 0.454 e. The third kappa shape index (κ3) is 4.42. The van der Waals surface area contributed by atoms with Gasteiger partial charge in [-0.25, -0.2) is 0 Å². The summed E-state index contributed by atoms with van der Waals surface area (Å²) in [6.45, 7) is 0. The van der Waals surface area contributed by atoms with Crippen LogP contribution in [0.1, 0.15) is 0 Å². The summed E-state index contributed by atoms with van der Waals surface area (Å²) in [5, 5.41) is 7.48. The van der Waals surface area contributed by atoms with Crippen LogP contribution in [0.25, 0.3) is 84.5 Å². The van der Waals surface area contributed by atoms with E-state index in [-0.39, 0.29) is 0 Å². The Balaban J connectivity index is 1.14. The van der Waals surface area contributed by atoms with Gasteiger partial charge in [0.2, 0.25) is 0 Å². The molecule has 8 aromatic carbocycles. The lowest BCUT2D eigenvalue weighted by molar-refractivity contribution is 0.669. The molecule has 2 nitrogen and oxygen atoms in total. The Labute approximate surface area is 308 Å². The quantitative estimate of drug-likeness (QED) is 0.178. The second kappa shape index (κ2) is 11.7. The highest BCUT2D eigenvalue weighted by atomic mass is 32.1. The van der Waals surface area contributed by atoms with Gasteiger partial charge in [-0.2, -0.15) is 0 Å². The lowest BCUT2D eigenvalue weighted by Crippen LogP contribution is -2.09. The highest BCUT2D eigenvalue weighted by molar-refractivity contribution is 7.27. The molecule has 52 heavy (non-hydrogen) atoms. The van der Waals surface area contributed by atoms with Gasteiger partial charge in [0.15, 0.2) is 5.58 Å². The number of para-hydroxylation sites is 3. The predicted octanol–water partition coefficient (Wildman–Crippen LogP) is 15.1. The van der Waals surface area contributed by atoms with Crippen molar-refractivity contribution in [1.29, 1.82) is 0 Å². The van der Waals surface area contributed by atoms with Gasteiger partial charge in [-0.3, -0.25) is 0 Å². The molecule has 0 atom stereocenters. The molecular weight excluding hydrogens is 671 g/mol. The van der Waals surface area contributed by atoms with Crippen LogP contribution in [0, 0.1) is 0 Å². The number of benzene rings is 8. The van der Waals surface area contributed by atoms with Crippen LogP contribution in [0.5, 0.6) is 0 Å². The monoisotopic (exact) mass is 699 g/mol. The van der Waals surface area contributed by atoms with Gasteiger partial charge < -0.3 is 9.32 Å². The fourth-order valence-electron chi connectivity index (χ4n) is 8.06. The van der Waals surface area contributed by atoms with Gasteiger partial charge in [0.1, 0.15) is 5.58 Å². The van der Waals surface area contributed by atoms with Crippen molar-refractivity contribution in [2.24, 2.45) is 0 Å². The number of thiophene rings is 2. The molecule has 11 aromatic rings. The minimum Gasteiger partial charge on any atom is -0.454 e. The summed E-state index contributed by atoms with van der Waals surface area (Å²) in [7, 11) is 0. The minimum absolute atomic E-state index is 0.874. The zero-order chi connectivity index (χ0) is 34.2. The van der Waals surface area contributed by atoms with Gasteiger partial charge in [0, 0.05) is 73.6 Å². The molecule has 3 aromatic heterocycles. The van der Waals surface area contributed by atoms with Crippen molar-refractivity contribution in [1.82, 2.24) is 0 Å². The van der Waals surface area contributed by atoms with Crippen LogP contribution in [0.2, 0.25) is 0 Å². The zero-order valence-electron chi connectivity index (χ0n) is 27.9. The van der Waals surface area contributed by atoms with E-state index >= 15 is 0 Å². The molecule has 0 N–H and O–H groups in total. The molecule has 0 amide bonds. The van der Waals surface area contributed by atoms with Crippen molar-refractivity contribution in [3.05, 3.63) is 176 Å². The third-order valence-corrected chi connectivity index (χ3v) is 12.7. The lowest BCUT2D eigenvalue weighted by atomic mass is 9.94. The van der Waals surface area contributed by atoms with Crippen molar-refractivity contribution in [2.75, 3.05) is 4.90 Å². The van der Waals surface area contributed by atoms with Crippen molar-refractivity contribution >= 4 is 102 Å². The molecule has 11 rings (SSSR count). The highest BCUT2D eigenvalue weighted by Gasteiger charge is 2.22. The van der Waals surface area contributed by atoms with Crippen LogP contribution >= 0.6 is 22.7 Å². The highest BCUT2D eigenvalue weighted by Crippen LogP contribution is 2.49. The molecule has 0 fully saturated rings. The summed E-state index contributed by atoms with van der Waals surface area (Å²) in [6, 6.07) is 63.2. The number of hydrogen-bond donors (Lipinski definition) is 0. The summed E-state index contributed by atoms with van der Waals surface area (Å²) in [5.41, 5.74) is 9.93. The Bertz CT molecular complexity index is 3090. The Morgan fingerprint density at radius 1 is 0.365 bits per heavy atom. The molecule has 0 unspecified atom stereocenters. The van der Waals surface area contributed by atoms with Crippen molar-refractivity contribution < 1.29 is 4.42 Å². The SMILES string of the molecule is c1ccc(N(c2ccccc2)c2cccc3c2oc2cccc(-c4cccc5sc6c(-c7cccc8c7sc7ccccc78)cccc6c45)c23)cc1. The number of rotatable bonds is 5. The number of hydrogen-bond acceptors (Lipinski definition) is 4. The normalized spacial score (nSPS) is 11.8. The molecule has 0 saturated carbocycles. The van der Waals surface area contributed by atoms with Gasteiger partial charge in [0.25, 0.3) is 0 Å². The lowest BCUT2D eigenvalue weighted by Gasteiger charge is -2.25. The fourth-order valence-corrected chi connectivity index (χ4v) is 10.5. The second-order valence-electron chi connectivity index (χ2n) is 13.2. The summed E-state index contributed by atoms with van der Waals surface area (Å²) >= 11 is 3.79. The first-order valence-corrected chi connectivity index (χ1v) is 19.1. The van der Waals surface area contributed by atoms with Crippen LogP contribution in [0.3, 0.4) is 0 Å². The summed E-state index contributed by atoms with van der Waals surface area (Å²) in [5.74, 6) is 0. The first kappa shape index (κ1) is 29.5. The smallest absolute Gasteiger partial charge is 0.159 e. The number of fused-ring (bicyclic) bond motifs is 9. The maximum absolute atomic E-state index is 6.86. The van der Waals surface area contributed by atoms with E-state index in [0.29, 0.717) is 0 Å². The molecule has 0 radical (unpaired) electrons. The molecule has 0 aliphatic rings. The van der Waals surface area contributed by atoms with E-state index in [1.807, 2.05) is 22.7 Å². The van der Waals surface area contributed by atoms with Crippen LogP contribution in [-0.4, -0.2) is 0 Å². The number of furan rings is 1. The molecule has 0 spiro atoms. The molecule has 0 aliphatic carbocycles. The van der Waals surface area contributed by atoms with Gasteiger partial charge in [0.05, 0.1) is 5.69 Å². The summed E-state index contributed by atoms with van der Waals surface area (Å²) in [4.78, 5) is 2.29. The molecule has 244 valence electrons. The van der Waals surface area contributed by atoms with E-state index in [4.69, 9.17) is 4.42 Å². The van der Waals surface area contributed by atoms with E-state index in [1.165, 1.54) is 62.6 Å². The first-order chi connectivity index (χ1) is 25.8. The summed E-state index contributed by atoms with van der Waals surface area (Å²) in [6.07, 6.45) is 0. The zero-order valence-corrected chi connectivity index (χ0v) is 29.5. The van der Waals surface area contributed by atoms with Crippen molar-refractivity contribution in [3.63, 3.8) is 0 Å². The third-order valence-electron chi connectivity index (χ3n) is 10.3. The number of anilines is 3. The average molecular weight is 700 g/mol. The topological polar surface area (TPSA) is 16.4 Å². The molecule has 0 saturated heterocycles. The molecule has 4 heteroatoms. The Hall–Kier alpha value is -6.20. The van der Waals surface area contributed by atoms with Crippen LogP contribution in [0.15, 0.2) is 180 Å². The fraction of sp³-hybridized carbons (Fsp3) is 0. The standard InChI is InChI=1S/C48H29NOS2/c1-3-14-30(15-4-1)49(31-16-5-2-6-17-31)40-26-11-24-38-44-33(19-12-27-41(44)50-46(38)40)34-20-13-29-43-45(34)39-25-10-23-37(48(39)52-43)36-22-9-21-35-32-18-7-8-28-42(32)51-47(35)36/h1-29H. The van der Waals surface area contributed by atoms with E-state index in [1.54, 1.807) is 0 Å². The van der Waals surface area contributed by atoms with E-state index in [0.717, 1.165) is 39.0 Å². The van der Waals surface area contributed by atoms with Crippen LogP contribution in [-0.2, 0) is 0 Å². The summed E-state index contributed by atoms with van der Waals surface area (Å²) < 4.78 is 12.1. The maximum atomic E-state index is 6.86. The molecule has 3 heterocycles. The van der Waals surface area contributed by atoms with E-state index in [9.17, 15) is 0 Å². The van der Waals surface area contributed by atoms with Gasteiger partial charge >= 0.3 is 0 Å². The van der Waals surface area contributed by atoms with Crippen molar-refractivity contribution in [3.8, 4) is 22.3 Å². The Morgan fingerprint density at radius 3 is 1.65 bits per heavy atom. The van der Waals surface area contributed by atoms with Gasteiger partial charge in [-0.1, -0.05) is 127 Å². The van der Waals surface area contributed by atoms with Crippen LogP contribution < -0.4 is 4.90 Å². The average Bonchev–Trinajstić information content (AvgIpc) is 3.91. The molecule has 0 bridgehead atoms. The first-order valence-electron chi connectivity index (χ1n) is 17.5. The number of nitrogens with zero attached hydrogens (tertiary/aromatic N) is 1. The Morgan fingerprint density at radius 2 is 0.885 bits per heavy atom. The van der Waals surface area contributed by atoms with Crippen molar-refractivity contribution in [2.45, 2.75) is 0 Å². The molecular formula is C48H29NOS2. The van der Waals surface area contributed by atoms with Gasteiger partial charge in [-0.05, 0) is 59.7 Å². The van der Waals surface area contributed by atoms with Gasteiger partial charge in [-0.15, -0.1) is 22.7 Å². The maximum Gasteiger partial charge on any atom is 0.159 e. The second-order valence-corrected chi connectivity index (χ2v) is 15.3. The predicted molar refractivity (Wildman–Crippen MR) is 225 cm³/mol. The van der Waals surface area contributed by atoms with Crippen LogP contribution in [0.4, 0.5) is 17.1 Å². The Kier molecular flexibility index (Phi) is 6.63.